The summed E-state index contributed by atoms with van der Waals surface area (Å²) in [6, 6.07) is 7.05. The van der Waals surface area contributed by atoms with E-state index in [4.69, 9.17) is 16.7 Å². The first-order valence-corrected chi connectivity index (χ1v) is 8.61. The molecule has 1 rings (SSSR count). The van der Waals surface area contributed by atoms with E-state index in [1.807, 2.05) is 6.07 Å². The Morgan fingerprint density at radius 3 is 2.62 bits per heavy atom. The highest BCUT2D eigenvalue weighted by atomic mass is 35.5. The minimum atomic E-state index is -3.48. The van der Waals surface area contributed by atoms with Gasteiger partial charge < -0.3 is 5.11 Å². The second kappa shape index (κ2) is 7.24. The molecular formula is C14H20ClNO4S. The molecule has 1 aromatic rings. The molecule has 0 saturated heterocycles. The maximum atomic E-state index is 12.1. The first-order chi connectivity index (χ1) is 9.60. The molecule has 118 valence electrons. The molecule has 0 radical (unpaired) electrons. The number of aliphatic carboxylic acids is 1. The Labute approximate surface area is 130 Å². The molecule has 0 saturated carbocycles. The molecule has 0 amide bonds. The van der Waals surface area contributed by atoms with Crippen molar-refractivity contribution in [2.75, 3.05) is 5.75 Å². The van der Waals surface area contributed by atoms with Gasteiger partial charge >= 0.3 is 5.97 Å². The molecule has 0 aliphatic rings. The van der Waals surface area contributed by atoms with Crippen molar-refractivity contribution >= 4 is 27.6 Å². The molecule has 0 aromatic heterocycles. The van der Waals surface area contributed by atoms with E-state index < -0.39 is 21.5 Å². The topological polar surface area (TPSA) is 83.5 Å². The van der Waals surface area contributed by atoms with Crippen molar-refractivity contribution in [1.29, 1.82) is 0 Å². The van der Waals surface area contributed by atoms with E-state index in [2.05, 4.69) is 4.72 Å². The monoisotopic (exact) mass is 333 g/mol. The number of carboxylic acid groups (broad SMARTS) is 1. The fourth-order valence-electron chi connectivity index (χ4n) is 1.89. The lowest BCUT2D eigenvalue weighted by Crippen LogP contribution is -2.44. The first-order valence-electron chi connectivity index (χ1n) is 6.57. The Bertz CT molecular complexity index is 599. The van der Waals surface area contributed by atoms with Crippen molar-refractivity contribution < 1.29 is 18.3 Å². The molecule has 1 aromatic carbocycles. The molecule has 21 heavy (non-hydrogen) atoms. The minimum absolute atomic E-state index is 0.0656. The Morgan fingerprint density at radius 1 is 1.38 bits per heavy atom. The summed E-state index contributed by atoms with van der Waals surface area (Å²) in [7, 11) is -3.48. The lowest BCUT2D eigenvalue weighted by molar-refractivity contribution is -0.137. The fraction of sp³-hybridized carbons (Fsp3) is 0.500. The van der Waals surface area contributed by atoms with Crippen molar-refractivity contribution in [2.24, 2.45) is 0 Å². The predicted octanol–water partition coefficient (Wildman–Crippen LogP) is 2.45. The zero-order valence-electron chi connectivity index (χ0n) is 12.1. The van der Waals surface area contributed by atoms with Crippen LogP contribution in [0.5, 0.6) is 0 Å². The van der Waals surface area contributed by atoms with Crippen molar-refractivity contribution in [3.8, 4) is 0 Å². The van der Waals surface area contributed by atoms with Crippen LogP contribution in [0.1, 0.15) is 32.3 Å². The average molecular weight is 334 g/mol. The van der Waals surface area contributed by atoms with E-state index in [0.29, 0.717) is 11.4 Å². The van der Waals surface area contributed by atoms with Crippen LogP contribution in [0.3, 0.4) is 0 Å². The quantitative estimate of drug-likeness (QED) is 0.765. The number of hydrogen-bond donors (Lipinski definition) is 2. The zero-order chi connectivity index (χ0) is 16.1. The van der Waals surface area contributed by atoms with Gasteiger partial charge in [-0.1, -0.05) is 23.7 Å². The van der Waals surface area contributed by atoms with Gasteiger partial charge in [0.15, 0.2) is 0 Å². The zero-order valence-corrected chi connectivity index (χ0v) is 13.7. The number of halogens is 1. The van der Waals surface area contributed by atoms with E-state index in [9.17, 15) is 13.2 Å². The van der Waals surface area contributed by atoms with Crippen molar-refractivity contribution in [1.82, 2.24) is 4.72 Å². The number of benzene rings is 1. The third-order valence-corrected chi connectivity index (χ3v) is 4.78. The molecule has 2 N–H and O–H groups in total. The molecule has 5 nitrogen and oxygen atoms in total. The van der Waals surface area contributed by atoms with E-state index in [-0.39, 0.29) is 18.6 Å². The maximum absolute atomic E-state index is 12.1. The van der Waals surface area contributed by atoms with E-state index >= 15 is 0 Å². The number of rotatable bonds is 8. The van der Waals surface area contributed by atoms with Crippen LogP contribution in [0.25, 0.3) is 0 Å². The van der Waals surface area contributed by atoms with Crippen molar-refractivity contribution in [3.05, 3.63) is 34.9 Å². The summed E-state index contributed by atoms with van der Waals surface area (Å²) in [4.78, 5) is 10.6. The SMILES string of the molecule is CC(C)(CCC(=O)O)NS(=O)(=O)CCc1cccc(Cl)c1. The van der Waals surface area contributed by atoms with Gasteiger partial charge in [-0.05, 0) is 44.4 Å². The summed E-state index contributed by atoms with van der Waals surface area (Å²) in [5.74, 6) is -1.01. The summed E-state index contributed by atoms with van der Waals surface area (Å²) in [5.41, 5.74) is 0.0576. The fourth-order valence-corrected chi connectivity index (χ4v) is 3.65. The molecule has 0 heterocycles. The second-order valence-corrected chi connectivity index (χ2v) is 7.86. The summed E-state index contributed by atoms with van der Waals surface area (Å²) in [6.07, 6.45) is 0.507. The number of aryl methyl sites for hydroxylation is 1. The van der Waals surface area contributed by atoms with Crippen LogP contribution in [0.4, 0.5) is 0 Å². The van der Waals surface area contributed by atoms with Gasteiger partial charge in [-0.3, -0.25) is 4.79 Å². The molecule has 7 heteroatoms. The normalized spacial score (nSPS) is 12.3. The van der Waals surface area contributed by atoms with Crippen LogP contribution >= 0.6 is 11.6 Å². The van der Waals surface area contributed by atoms with E-state index in [1.165, 1.54) is 0 Å². The first kappa shape index (κ1) is 17.9. The average Bonchev–Trinajstić information content (AvgIpc) is 2.33. The molecule has 0 bridgehead atoms. The third kappa shape index (κ3) is 7.45. The number of nitrogens with one attached hydrogen (secondary N) is 1. The standard InChI is InChI=1S/C14H20ClNO4S/c1-14(2,8-6-13(17)18)16-21(19,20)9-7-11-4-3-5-12(15)10-11/h3-5,10,16H,6-9H2,1-2H3,(H,17,18). The van der Waals surface area contributed by atoms with Crippen LogP contribution in [0, 0.1) is 0 Å². The number of carboxylic acids is 1. The highest BCUT2D eigenvalue weighted by molar-refractivity contribution is 7.89. The Hall–Kier alpha value is -1.11. The molecule has 0 unspecified atom stereocenters. The lowest BCUT2D eigenvalue weighted by Gasteiger charge is -2.25. The van der Waals surface area contributed by atoms with Crippen LogP contribution < -0.4 is 4.72 Å². The number of hydrogen-bond acceptors (Lipinski definition) is 3. The van der Waals surface area contributed by atoms with Gasteiger partial charge in [-0.15, -0.1) is 0 Å². The molecule has 0 aliphatic carbocycles. The molecule has 0 atom stereocenters. The second-order valence-electron chi connectivity index (χ2n) is 5.58. The van der Waals surface area contributed by atoms with Gasteiger partial charge in [0.25, 0.3) is 0 Å². The van der Waals surface area contributed by atoms with Crippen LogP contribution in [-0.4, -0.2) is 30.8 Å². The predicted molar refractivity (Wildman–Crippen MR) is 83.0 cm³/mol. The Balaban J connectivity index is 2.59. The maximum Gasteiger partial charge on any atom is 0.303 e. The Kier molecular flexibility index (Phi) is 6.19. The number of sulfonamides is 1. The van der Waals surface area contributed by atoms with Gasteiger partial charge in [0, 0.05) is 17.0 Å². The summed E-state index contributed by atoms with van der Waals surface area (Å²) in [6.45, 7) is 3.35. The minimum Gasteiger partial charge on any atom is -0.481 e. The highest BCUT2D eigenvalue weighted by Crippen LogP contribution is 2.15. The lowest BCUT2D eigenvalue weighted by atomic mass is 10.0. The largest absolute Gasteiger partial charge is 0.481 e. The van der Waals surface area contributed by atoms with Gasteiger partial charge in [0.2, 0.25) is 10.0 Å². The van der Waals surface area contributed by atoms with Gasteiger partial charge in [-0.2, -0.15) is 0 Å². The van der Waals surface area contributed by atoms with Crippen LogP contribution in [0.2, 0.25) is 5.02 Å². The van der Waals surface area contributed by atoms with Gasteiger partial charge in [0.1, 0.15) is 0 Å². The molecule has 0 aliphatic heterocycles. The van der Waals surface area contributed by atoms with Crippen molar-refractivity contribution in [3.63, 3.8) is 0 Å². The van der Waals surface area contributed by atoms with E-state index in [1.54, 1.807) is 32.0 Å². The summed E-state index contributed by atoms with van der Waals surface area (Å²) in [5, 5.41) is 9.23. The smallest absolute Gasteiger partial charge is 0.303 e. The van der Waals surface area contributed by atoms with E-state index in [0.717, 1.165) is 5.56 Å². The highest BCUT2D eigenvalue weighted by Gasteiger charge is 2.25. The van der Waals surface area contributed by atoms with Crippen LogP contribution in [0.15, 0.2) is 24.3 Å². The Morgan fingerprint density at radius 2 is 2.05 bits per heavy atom. The van der Waals surface area contributed by atoms with Crippen molar-refractivity contribution in [2.45, 2.75) is 38.6 Å². The van der Waals surface area contributed by atoms with Gasteiger partial charge in [0.05, 0.1) is 5.75 Å². The van der Waals surface area contributed by atoms with Crippen LogP contribution in [-0.2, 0) is 21.2 Å². The summed E-state index contributed by atoms with van der Waals surface area (Å²) < 4.78 is 26.7. The molecule has 0 spiro atoms. The summed E-state index contributed by atoms with van der Waals surface area (Å²) >= 11 is 5.85. The molecular weight excluding hydrogens is 314 g/mol. The third-order valence-electron chi connectivity index (χ3n) is 2.94. The number of carbonyl (C=O) groups is 1. The molecule has 0 fully saturated rings. The van der Waals surface area contributed by atoms with Gasteiger partial charge in [-0.25, -0.2) is 13.1 Å².